The molecule has 0 saturated carbocycles. The van der Waals surface area contributed by atoms with Crippen molar-refractivity contribution < 1.29 is 4.52 Å². The number of nitrogens with zero attached hydrogens (tertiary/aromatic N) is 2. The van der Waals surface area contributed by atoms with E-state index in [1.807, 2.05) is 41.9 Å². The number of nitrogen functional groups attached to an aromatic ring is 1. The summed E-state index contributed by atoms with van der Waals surface area (Å²) in [5.74, 6) is 1.05. The zero-order valence-electron chi connectivity index (χ0n) is 9.75. The lowest BCUT2D eigenvalue weighted by Gasteiger charge is -2.01. The number of rotatable bonds is 2. The lowest BCUT2D eigenvalue weighted by atomic mass is 10.1. The third-order valence-electron chi connectivity index (χ3n) is 2.64. The van der Waals surface area contributed by atoms with Gasteiger partial charge in [-0.15, -0.1) is 0 Å². The number of hydrogen-bond acceptors (Lipinski definition) is 5. The fourth-order valence-corrected chi connectivity index (χ4v) is 2.33. The van der Waals surface area contributed by atoms with Crippen LogP contribution in [0.15, 0.2) is 39.5 Å². The van der Waals surface area contributed by atoms with Gasteiger partial charge in [-0.25, -0.2) is 0 Å². The van der Waals surface area contributed by atoms with Gasteiger partial charge in [0.05, 0.1) is 5.56 Å². The van der Waals surface area contributed by atoms with Gasteiger partial charge in [0.2, 0.25) is 5.82 Å². The first-order valence-electron chi connectivity index (χ1n) is 5.47. The second kappa shape index (κ2) is 4.27. The summed E-state index contributed by atoms with van der Waals surface area (Å²) in [6, 6.07) is 7.70. The van der Waals surface area contributed by atoms with Gasteiger partial charge < -0.3 is 10.3 Å². The monoisotopic (exact) mass is 257 g/mol. The quantitative estimate of drug-likeness (QED) is 0.715. The zero-order valence-corrected chi connectivity index (χ0v) is 10.6. The molecule has 5 heteroatoms. The van der Waals surface area contributed by atoms with E-state index in [0.29, 0.717) is 17.4 Å². The smallest absolute Gasteiger partial charge is 0.260 e. The number of aryl methyl sites for hydroxylation is 1. The van der Waals surface area contributed by atoms with E-state index in [1.165, 1.54) is 0 Å². The summed E-state index contributed by atoms with van der Waals surface area (Å²) in [6.45, 7) is 2.00. The minimum atomic E-state index is 0.456. The topological polar surface area (TPSA) is 64.9 Å². The fraction of sp³-hybridized carbons (Fsp3) is 0.0769. The molecule has 3 aromatic rings. The SMILES string of the molecule is Cc1ccc(N)c(-c2nc(-c3ccsc3)no2)c1. The van der Waals surface area contributed by atoms with Crippen LogP contribution in [0.4, 0.5) is 5.69 Å². The Morgan fingerprint density at radius 1 is 1.28 bits per heavy atom. The highest BCUT2D eigenvalue weighted by atomic mass is 32.1. The molecule has 0 fully saturated rings. The van der Waals surface area contributed by atoms with Crippen LogP contribution in [0, 0.1) is 6.92 Å². The van der Waals surface area contributed by atoms with Crippen LogP contribution in [0.1, 0.15) is 5.56 Å². The molecule has 90 valence electrons. The van der Waals surface area contributed by atoms with Crippen molar-refractivity contribution in [3.05, 3.63) is 40.6 Å². The Kier molecular flexibility index (Phi) is 2.60. The summed E-state index contributed by atoms with van der Waals surface area (Å²) in [6.07, 6.45) is 0. The maximum absolute atomic E-state index is 5.92. The molecule has 18 heavy (non-hydrogen) atoms. The summed E-state index contributed by atoms with van der Waals surface area (Å²) in [5.41, 5.74) is 9.41. The van der Waals surface area contributed by atoms with Gasteiger partial charge in [0, 0.05) is 16.6 Å². The van der Waals surface area contributed by atoms with Gasteiger partial charge in [0.1, 0.15) is 0 Å². The first-order valence-corrected chi connectivity index (χ1v) is 6.41. The van der Waals surface area contributed by atoms with Gasteiger partial charge in [-0.1, -0.05) is 16.8 Å². The van der Waals surface area contributed by atoms with E-state index >= 15 is 0 Å². The van der Waals surface area contributed by atoms with Crippen LogP contribution >= 0.6 is 11.3 Å². The van der Waals surface area contributed by atoms with Gasteiger partial charge in [-0.05, 0) is 30.5 Å². The number of nitrogens with two attached hydrogens (primary N) is 1. The number of thiophene rings is 1. The lowest BCUT2D eigenvalue weighted by molar-refractivity contribution is 0.432. The van der Waals surface area contributed by atoms with Crippen LogP contribution in [0.25, 0.3) is 22.8 Å². The van der Waals surface area contributed by atoms with E-state index in [9.17, 15) is 0 Å². The standard InChI is InChI=1S/C13H11N3OS/c1-8-2-3-11(14)10(6-8)13-15-12(16-17-13)9-4-5-18-7-9/h2-7H,14H2,1H3. The first kappa shape index (κ1) is 11.0. The Morgan fingerprint density at radius 3 is 2.94 bits per heavy atom. The van der Waals surface area contributed by atoms with Gasteiger partial charge in [-0.3, -0.25) is 0 Å². The van der Waals surface area contributed by atoms with E-state index in [-0.39, 0.29) is 0 Å². The van der Waals surface area contributed by atoms with Gasteiger partial charge in [0.15, 0.2) is 0 Å². The highest BCUT2D eigenvalue weighted by Crippen LogP contribution is 2.28. The van der Waals surface area contributed by atoms with Crippen molar-refractivity contribution in [2.45, 2.75) is 6.92 Å². The largest absolute Gasteiger partial charge is 0.398 e. The third-order valence-corrected chi connectivity index (χ3v) is 3.33. The molecule has 0 aliphatic rings. The molecule has 1 aromatic carbocycles. The molecule has 0 radical (unpaired) electrons. The molecule has 0 amide bonds. The molecule has 0 spiro atoms. The maximum Gasteiger partial charge on any atom is 0.260 e. The maximum atomic E-state index is 5.92. The summed E-state index contributed by atoms with van der Waals surface area (Å²) in [7, 11) is 0. The van der Waals surface area contributed by atoms with Crippen LogP contribution in [0.5, 0.6) is 0 Å². The third kappa shape index (κ3) is 1.89. The van der Waals surface area contributed by atoms with Crippen LogP contribution < -0.4 is 5.73 Å². The minimum Gasteiger partial charge on any atom is -0.398 e. The predicted octanol–water partition coefficient (Wildman–Crippen LogP) is 3.36. The van der Waals surface area contributed by atoms with Crippen LogP contribution in [-0.4, -0.2) is 10.1 Å². The molecule has 0 unspecified atom stereocenters. The lowest BCUT2D eigenvalue weighted by Crippen LogP contribution is -1.90. The van der Waals surface area contributed by atoms with Crippen LogP contribution in [0.3, 0.4) is 0 Å². The molecule has 0 atom stereocenters. The summed E-state index contributed by atoms with van der Waals surface area (Å²) in [5, 5.41) is 7.93. The Bertz CT molecular complexity index is 673. The molecular weight excluding hydrogens is 246 g/mol. The number of hydrogen-bond donors (Lipinski definition) is 1. The molecular formula is C13H11N3OS. The molecule has 0 aliphatic heterocycles. The van der Waals surface area contributed by atoms with Crippen molar-refractivity contribution in [1.29, 1.82) is 0 Å². The van der Waals surface area contributed by atoms with E-state index in [1.54, 1.807) is 11.3 Å². The van der Waals surface area contributed by atoms with Crippen molar-refractivity contribution in [3.63, 3.8) is 0 Å². The highest BCUT2D eigenvalue weighted by molar-refractivity contribution is 7.08. The number of benzene rings is 1. The molecule has 0 saturated heterocycles. The minimum absolute atomic E-state index is 0.456. The zero-order chi connectivity index (χ0) is 12.5. The highest BCUT2D eigenvalue weighted by Gasteiger charge is 2.13. The molecule has 3 rings (SSSR count). The number of aromatic nitrogens is 2. The second-order valence-electron chi connectivity index (χ2n) is 4.03. The van der Waals surface area contributed by atoms with Crippen LogP contribution in [0.2, 0.25) is 0 Å². The molecule has 4 nitrogen and oxygen atoms in total. The van der Waals surface area contributed by atoms with Crippen molar-refractivity contribution in [1.82, 2.24) is 10.1 Å². The van der Waals surface area contributed by atoms with E-state index in [2.05, 4.69) is 10.1 Å². The van der Waals surface area contributed by atoms with E-state index in [0.717, 1.165) is 16.7 Å². The molecule has 0 aliphatic carbocycles. The van der Waals surface area contributed by atoms with Gasteiger partial charge in [-0.2, -0.15) is 16.3 Å². The Balaban J connectivity index is 2.05. The van der Waals surface area contributed by atoms with Crippen molar-refractivity contribution in [2.75, 3.05) is 5.73 Å². The Morgan fingerprint density at radius 2 is 2.17 bits per heavy atom. The van der Waals surface area contributed by atoms with Crippen LogP contribution in [-0.2, 0) is 0 Å². The Labute approximate surface area is 108 Å². The van der Waals surface area contributed by atoms with Gasteiger partial charge >= 0.3 is 0 Å². The average Bonchev–Trinajstić information content (AvgIpc) is 3.00. The molecule has 2 heterocycles. The molecule has 2 N–H and O–H groups in total. The van der Waals surface area contributed by atoms with Crippen molar-refractivity contribution in [3.8, 4) is 22.8 Å². The summed E-state index contributed by atoms with van der Waals surface area (Å²) >= 11 is 1.60. The normalized spacial score (nSPS) is 10.7. The average molecular weight is 257 g/mol. The predicted molar refractivity (Wildman–Crippen MR) is 72.2 cm³/mol. The van der Waals surface area contributed by atoms with E-state index in [4.69, 9.17) is 10.3 Å². The molecule has 0 bridgehead atoms. The first-order chi connectivity index (χ1) is 8.74. The Hall–Kier alpha value is -2.14. The molecule has 2 aromatic heterocycles. The second-order valence-corrected chi connectivity index (χ2v) is 4.81. The van der Waals surface area contributed by atoms with Gasteiger partial charge in [0.25, 0.3) is 5.89 Å². The van der Waals surface area contributed by atoms with E-state index < -0.39 is 0 Å². The summed E-state index contributed by atoms with van der Waals surface area (Å²) in [4.78, 5) is 4.37. The van der Waals surface area contributed by atoms with Crippen molar-refractivity contribution in [2.24, 2.45) is 0 Å². The fourth-order valence-electron chi connectivity index (χ4n) is 1.70. The number of anilines is 1. The summed E-state index contributed by atoms with van der Waals surface area (Å²) < 4.78 is 5.27. The van der Waals surface area contributed by atoms with Crippen molar-refractivity contribution >= 4 is 17.0 Å².